The fraction of sp³-hybridized carbons (Fsp3) is 0.619. The van der Waals surface area contributed by atoms with Crippen LogP contribution >= 0.6 is 0 Å². The summed E-state index contributed by atoms with van der Waals surface area (Å²) in [6, 6.07) is 6.00. The summed E-state index contributed by atoms with van der Waals surface area (Å²) < 4.78 is 5.47. The van der Waals surface area contributed by atoms with Crippen molar-refractivity contribution < 1.29 is 14.3 Å². The molecule has 2 amide bonds. The lowest BCUT2D eigenvalue weighted by Gasteiger charge is -2.35. The number of nitrogens with zero attached hydrogens (tertiary/aromatic N) is 2. The molecule has 0 atom stereocenters. The van der Waals surface area contributed by atoms with Gasteiger partial charge in [-0.05, 0) is 29.0 Å². The van der Waals surface area contributed by atoms with E-state index in [0.717, 1.165) is 23.3 Å². The first-order valence-corrected chi connectivity index (χ1v) is 9.49. The van der Waals surface area contributed by atoms with Crippen LogP contribution in [0.3, 0.4) is 0 Å². The van der Waals surface area contributed by atoms with Crippen LogP contribution in [0.1, 0.15) is 51.7 Å². The number of methoxy groups -OCH3 is 1. The van der Waals surface area contributed by atoms with Gasteiger partial charge in [-0.3, -0.25) is 9.59 Å². The quantitative estimate of drug-likeness (QED) is 0.811. The maximum absolute atomic E-state index is 12.7. The van der Waals surface area contributed by atoms with E-state index in [9.17, 15) is 9.59 Å². The number of ether oxygens (including phenoxy) is 1. The van der Waals surface area contributed by atoms with E-state index in [1.807, 2.05) is 28.9 Å². The van der Waals surface area contributed by atoms with Gasteiger partial charge in [-0.2, -0.15) is 0 Å². The molecule has 0 unspecified atom stereocenters. The molecule has 144 valence electrons. The van der Waals surface area contributed by atoms with Gasteiger partial charge in [0.1, 0.15) is 5.75 Å². The third kappa shape index (κ3) is 4.99. The Bertz CT molecular complexity index is 641. The van der Waals surface area contributed by atoms with Crippen LogP contribution in [0, 0.1) is 0 Å². The van der Waals surface area contributed by atoms with Gasteiger partial charge in [0.15, 0.2) is 0 Å². The largest absolute Gasteiger partial charge is 0.496 e. The normalized spacial score (nSPS) is 15.1. The van der Waals surface area contributed by atoms with Crippen LogP contribution in [0.25, 0.3) is 0 Å². The molecule has 1 aromatic carbocycles. The zero-order chi connectivity index (χ0) is 19.3. The molecule has 1 aliphatic heterocycles. The van der Waals surface area contributed by atoms with Crippen molar-refractivity contribution in [1.82, 2.24) is 9.80 Å². The standard InChI is InChI=1S/C21H32N2O3/c1-6-7-19(24)22-10-12-23(13-11-22)20(25)15-16-8-9-18(26-5)17(14-16)21(2,3)4/h8-9,14H,6-7,10-13,15H2,1-5H3. The Hall–Kier alpha value is -2.04. The highest BCUT2D eigenvalue weighted by Crippen LogP contribution is 2.32. The van der Waals surface area contributed by atoms with Crippen LogP contribution < -0.4 is 4.74 Å². The van der Waals surface area contributed by atoms with E-state index < -0.39 is 0 Å². The summed E-state index contributed by atoms with van der Waals surface area (Å²) in [4.78, 5) is 28.4. The smallest absolute Gasteiger partial charge is 0.227 e. The molecule has 0 aliphatic carbocycles. The minimum absolute atomic E-state index is 0.0460. The van der Waals surface area contributed by atoms with E-state index in [-0.39, 0.29) is 17.2 Å². The van der Waals surface area contributed by atoms with E-state index in [1.54, 1.807) is 7.11 Å². The number of hydrogen-bond donors (Lipinski definition) is 0. The first-order chi connectivity index (χ1) is 12.3. The summed E-state index contributed by atoms with van der Waals surface area (Å²) in [7, 11) is 1.68. The molecular weight excluding hydrogens is 328 g/mol. The minimum Gasteiger partial charge on any atom is -0.496 e. The second-order valence-corrected chi connectivity index (χ2v) is 7.97. The maximum Gasteiger partial charge on any atom is 0.227 e. The van der Waals surface area contributed by atoms with Crippen LogP contribution in [0.5, 0.6) is 5.75 Å². The van der Waals surface area contributed by atoms with Crippen LogP contribution in [0.4, 0.5) is 0 Å². The fourth-order valence-electron chi connectivity index (χ4n) is 3.31. The molecule has 1 aliphatic rings. The lowest BCUT2D eigenvalue weighted by molar-refractivity contribution is -0.139. The second kappa shape index (κ2) is 8.56. The number of rotatable bonds is 5. The van der Waals surface area contributed by atoms with E-state index >= 15 is 0 Å². The van der Waals surface area contributed by atoms with Gasteiger partial charge < -0.3 is 14.5 Å². The monoisotopic (exact) mass is 360 g/mol. The van der Waals surface area contributed by atoms with Gasteiger partial charge in [-0.15, -0.1) is 0 Å². The minimum atomic E-state index is -0.0460. The molecule has 1 aromatic rings. The highest BCUT2D eigenvalue weighted by molar-refractivity contribution is 5.80. The first-order valence-electron chi connectivity index (χ1n) is 9.49. The molecule has 0 bridgehead atoms. The zero-order valence-electron chi connectivity index (χ0n) is 16.8. The molecule has 1 heterocycles. The number of amides is 2. The Kier molecular flexibility index (Phi) is 6.68. The van der Waals surface area contributed by atoms with Gasteiger partial charge in [0, 0.05) is 32.6 Å². The van der Waals surface area contributed by atoms with Crippen molar-refractivity contribution in [2.45, 2.75) is 52.4 Å². The molecule has 0 aromatic heterocycles. The van der Waals surface area contributed by atoms with E-state index in [0.29, 0.717) is 39.0 Å². The molecule has 0 radical (unpaired) electrons. The van der Waals surface area contributed by atoms with Gasteiger partial charge in [0.05, 0.1) is 13.5 Å². The van der Waals surface area contributed by atoms with Crippen molar-refractivity contribution in [3.05, 3.63) is 29.3 Å². The lowest BCUT2D eigenvalue weighted by Crippen LogP contribution is -2.50. The Morgan fingerprint density at radius 1 is 1.04 bits per heavy atom. The Labute approximate surface area is 157 Å². The summed E-state index contributed by atoms with van der Waals surface area (Å²) >= 11 is 0. The number of carbonyl (C=O) groups is 2. The fourth-order valence-corrected chi connectivity index (χ4v) is 3.31. The molecule has 0 saturated carbocycles. The van der Waals surface area contributed by atoms with Gasteiger partial charge >= 0.3 is 0 Å². The maximum atomic E-state index is 12.7. The molecule has 5 nitrogen and oxygen atoms in total. The summed E-state index contributed by atoms with van der Waals surface area (Å²) in [5.41, 5.74) is 2.07. The highest BCUT2D eigenvalue weighted by Gasteiger charge is 2.24. The molecule has 1 saturated heterocycles. The number of piperazine rings is 1. The second-order valence-electron chi connectivity index (χ2n) is 7.97. The number of hydrogen-bond acceptors (Lipinski definition) is 3. The molecule has 0 N–H and O–H groups in total. The predicted octanol–water partition coefficient (Wildman–Crippen LogP) is 3.01. The molecule has 1 fully saturated rings. The first kappa shape index (κ1) is 20.3. The van der Waals surface area contributed by atoms with Crippen molar-refractivity contribution in [3.63, 3.8) is 0 Å². The average Bonchev–Trinajstić information content (AvgIpc) is 2.61. The molecule has 0 spiro atoms. The van der Waals surface area contributed by atoms with Crippen molar-refractivity contribution >= 4 is 11.8 Å². The molecular formula is C21H32N2O3. The van der Waals surface area contributed by atoms with E-state index in [4.69, 9.17) is 4.74 Å². The number of carbonyl (C=O) groups excluding carboxylic acids is 2. The summed E-state index contributed by atoms with van der Waals surface area (Å²) in [5.74, 6) is 1.18. The van der Waals surface area contributed by atoms with Crippen LogP contribution in [-0.2, 0) is 21.4 Å². The van der Waals surface area contributed by atoms with Gasteiger partial charge in [0.25, 0.3) is 0 Å². The van der Waals surface area contributed by atoms with Gasteiger partial charge in [-0.1, -0.05) is 39.8 Å². The van der Waals surface area contributed by atoms with Crippen molar-refractivity contribution in [2.24, 2.45) is 0 Å². The Morgan fingerprint density at radius 2 is 1.62 bits per heavy atom. The SMILES string of the molecule is CCCC(=O)N1CCN(C(=O)Cc2ccc(OC)c(C(C)(C)C)c2)CC1. The molecule has 2 rings (SSSR count). The highest BCUT2D eigenvalue weighted by atomic mass is 16.5. The van der Waals surface area contributed by atoms with Crippen LogP contribution in [-0.4, -0.2) is 54.9 Å². The van der Waals surface area contributed by atoms with Gasteiger partial charge in [0.2, 0.25) is 11.8 Å². The van der Waals surface area contributed by atoms with Crippen molar-refractivity contribution in [3.8, 4) is 5.75 Å². The van der Waals surface area contributed by atoms with E-state index in [2.05, 4.69) is 26.8 Å². The average molecular weight is 360 g/mol. The lowest BCUT2D eigenvalue weighted by atomic mass is 9.85. The summed E-state index contributed by atoms with van der Waals surface area (Å²) in [5, 5.41) is 0. The number of benzene rings is 1. The van der Waals surface area contributed by atoms with E-state index in [1.165, 1.54) is 0 Å². The van der Waals surface area contributed by atoms with Gasteiger partial charge in [-0.25, -0.2) is 0 Å². The van der Waals surface area contributed by atoms with Crippen molar-refractivity contribution in [1.29, 1.82) is 0 Å². The third-order valence-electron chi connectivity index (χ3n) is 4.88. The van der Waals surface area contributed by atoms with Crippen LogP contribution in [0.15, 0.2) is 18.2 Å². The molecule has 5 heteroatoms. The topological polar surface area (TPSA) is 49.9 Å². The summed E-state index contributed by atoms with van der Waals surface area (Å²) in [6.45, 7) is 11.0. The summed E-state index contributed by atoms with van der Waals surface area (Å²) in [6.07, 6.45) is 1.84. The van der Waals surface area contributed by atoms with Crippen LogP contribution in [0.2, 0.25) is 0 Å². The molecule has 26 heavy (non-hydrogen) atoms. The third-order valence-corrected chi connectivity index (χ3v) is 4.88. The predicted molar refractivity (Wildman–Crippen MR) is 103 cm³/mol. The zero-order valence-corrected chi connectivity index (χ0v) is 16.8. The van der Waals surface area contributed by atoms with Crippen molar-refractivity contribution in [2.75, 3.05) is 33.3 Å². The Balaban J connectivity index is 1.99. The Morgan fingerprint density at radius 3 is 2.12 bits per heavy atom.